The number of aromatic nitrogens is 3. The van der Waals surface area contributed by atoms with E-state index in [1.807, 2.05) is 60.7 Å². The van der Waals surface area contributed by atoms with Crippen LogP contribution in [0.15, 0.2) is 90.1 Å². The SMILES string of the molecule is O=S(=O)(CCC(S)c1nc(-c2ccccc2)c(-c2ccccc2)[nH]1)c1ccccn1. The van der Waals surface area contributed by atoms with Crippen LogP contribution in [-0.4, -0.2) is 29.1 Å². The lowest BCUT2D eigenvalue weighted by molar-refractivity contribution is 0.588. The summed E-state index contributed by atoms with van der Waals surface area (Å²) < 4.78 is 25.1. The minimum atomic E-state index is -3.47. The standard InChI is InChI=1S/C23H21N3O2S2/c27-30(28,20-13-7-8-15-24-20)16-14-19(29)23-25-21(17-9-3-1-4-10-17)22(26-23)18-11-5-2-6-12-18/h1-13,15,19,29H,14,16H2,(H,25,26). The largest absolute Gasteiger partial charge is 0.341 e. The van der Waals surface area contributed by atoms with Gasteiger partial charge < -0.3 is 4.98 Å². The Kier molecular flexibility index (Phi) is 6.01. The molecule has 0 spiro atoms. The molecular formula is C23H21N3O2S2. The van der Waals surface area contributed by atoms with Gasteiger partial charge in [-0.3, -0.25) is 0 Å². The number of pyridine rings is 1. The molecule has 1 unspecified atom stereocenters. The van der Waals surface area contributed by atoms with Crippen molar-refractivity contribution in [2.75, 3.05) is 5.75 Å². The molecule has 0 aliphatic rings. The van der Waals surface area contributed by atoms with Crippen LogP contribution in [0.3, 0.4) is 0 Å². The zero-order valence-corrected chi connectivity index (χ0v) is 17.9. The highest BCUT2D eigenvalue weighted by atomic mass is 32.2. The molecule has 0 aliphatic heterocycles. The van der Waals surface area contributed by atoms with E-state index in [2.05, 4.69) is 22.6 Å². The third kappa shape index (κ3) is 4.47. The van der Waals surface area contributed by atoms with Gasteiger partial charge in [0.25, 0.3) is 0 Å². The molecule has 4 rings (SSSR count). The molecular weight excluding hydrogens is 414 g/mol. The highest BCUT2D eigenvalue weighted by Crippen LogP contribution is 2.33. The van der Waals surface area contributed by atoms with Crippen molar-refractivity contribution in [1.82, 2.24) is 15.0 Å². The predicted octanol–water partition coefficient (Wildman–Crippen LogP) is 4.97. The first-order chi connectivity index (χ1) is 14.5. The first-order valence-corrected chi connectivity index (χ1v) is 11.7. The number of sulfone groups is 1. The number of hydrogen-bond donors (Lipinski definition) is 2. The van der Waals surface area contributed by atoms with Crippen molar-refractivity contribution in [3.8, 4) is 22.5 Å². The van der Waals surface area contributed by atoms with Gasteiger partial charge in [-0.05, 0) is 18.6 Å². The van der Waals surface area contributed by atoms with E-state index in [-0.39, 0.29) is 16.0 Å². The summed E-state index contributed by atoms with van der Waals surface area (Å²) in [6.07, 6.45) is 1.80. The summed E-state index contributed by atoms with van der Waals surface area (Å²) >= 11 is 4.65. The molecule has 2 heterocycles. The minimum Gasteiger partial charge on any atom is -0.341 e. The van der Waals surface area contributed by atoms with E-state index in [9.17, 15) is 8.42 Å². The smallest absolute Gasteiger partial charge is 0.195 e. The molecule has 0 amide bonds. The second-order valence-corrected chi connectivity index (χ2v) is 9.55. The van der Waals surface area contributed by atoms with Crippen LogP contribution in [0.4, 0.5) is 0 Å². The van der Waals surface area contributed by atoms with Gasteiger partial charge >= 0.3 is 0 Å². The first kappa shape index (κ1) is 20.4. The maximum Gasteiger partial charge on any atom is 0.195 e. The number of rotatable bonds is 7. The molecule has 2 aromatic carbocycles. The third-order valence-electron chi connectivity index (χ3n) is 4.76. The van der Waals surface area contributed by atoms with Gasteiger partial charge in [0.1, 0.15) is 5.82 Å². The van der Waals surface area contributed by atoms with E-state index >= 15 is 0 Å². The van der Waals surface area contributed by atoms with Gasteiger partial charge in [0.2, 0.25) is 0 Å². The number of benzene rings is 2. The zero-order valence-electron chi connectivity index (χ0n) is 16.1. The van der Waals surface area contributed by atoms with E-state index < -0.39 is 9.84 Å². The lowest BCUT2D eigenvalue weighted by atomic mass is 10.1. The van der Waals surface area contributed by atoms with Gasteiger partial charge in [0, 0.05) is 17.3 Å². The molecule has 5 nitrogen and oxygen atoms in total. The van der Waals surface area contributed by atoms with E-state index in [1.165, 1.54) is 12.3 Å². The summed E-state index contributed by atoms with van der Waals surface area (Å²) in [6, 6.07) is 24.7. The fourth-order valence-corrected chi connectivity index (χ4v) is 4.90. The molecule has 152 valence electrons. The van der Waals surface area contributed by atoms with Crippen LogP contribution < -0.4 is 0 Å². The third-order valence-corrected chi connectivity index (χ3v) is 6.92. The molecule has 1 atom stereocenters. The second kappa shape index (κ2) is 8.85. The van der Waals surface area contributed by atoms with Crippen LogP contribution in [0.5, 0.6) is 0 Å². The van der Waals surface area contributed by atoms with E-state index in [4.69, 9.17) is 4.98 Å². The lowest BCUT2D eigenvalue weighted by Gasteiger charge is -2.08. The average molecular weight is 436 g/mol. The molecule has 0 aliphatic carbocycles. The highest BCUT2D eigenvalue weighted by molar-refractivity contribution is 7.91. The van der Waals surface area contributed by atoms with Crippen molar-refractivity contribution in [2.45, 2.75) is 16.7 Å². The van der Waals surface area contributed by atoms with Crippen LogP contribution >= 0.6 is 12.6 Å². The van der Waals surface area contributed by atoms with E-state index in [1.54, 1.807) is 12.1 Å². The maximum absolute atomic E-state index is 12.6. The Morgan fingerprint density at radius 2 is 1.50 bits per heavy atom. The molecule has 0 radical (unpaired) electrons. The van der Waals surface area contributed by atoms with E-state index in [0.29, 0.717) is 12.2 Å². The predicted molar refractivity (Wildman–Crippen MR) is 122 cm³/mol. The van der Waals surface area contributed by atoms with Crippen LogP contribution in [-0.2, 0) is 9.84 Å². The normalized spacial score (nSPS) is 12.6. The number of hydrogen-bond acceptors (Lipinski definition) is 5. The molecule has 0 bridgehead atoms. The fourth-order valence-electron chi connectivity index (χ4n) is 3.21. The number of imidazole rings is 1. The number of thiol groups is 1. The fraction of sp³-hybridized carbons (Fsp3) is 0.130. The molecule has 2 aromatic heterocycles. The minimum absolute atomic E-state index is 0.0553. The average Bonchev–Trinajstić information content (AvgIpc) is 3.25. The topological polar surface area (TPSA) is 75.7 Å². The molecule has 4 aromatic rings. The van der Waals surface area contributed by atoms with Crippen molar-refractivity contribution >= 4 is 22.5 Å². The van der Waals surface area contributed by atoms with E-state index in [0.717, 1.165) is 22.5 Å². The second-order valence-electron chi connectivity index (χ2n) is 6.87. The summed E-state index contributed by atoms with van der Waals surface area (Å²) in [5.41, 5.74) is 3.71. The summed E-state index contributed by atoms with van der Waals surface area (Å²) in [5.74, 6) is 0.590. The van der Waals surface area contributed by atoms with Crippen LogP contribution in [0.2, 0.25) is 0 Å². The Morgan fingerprint density at radius 1 is 0.867 bits per heavy atom. The van der Waals surface area contributed by atoms with Crippen molar-refractivity contribution in [3.63, 3.8) is 0 Å². The Labute approximate surface area is 181 Å². The van der Waals surface area contributed by atoms with Crippen molar-refractivity contribution in [1.29, 1.82) is 0 Å². The molecule has 0 saturated carbocycles. The van der Waals surface area contributed by atoms with Gasteiger partial charge in [-0.1, -0.05) is 66.7 Å². The van der Waals surface area contributed by atoms with Crippen LogP contribution in [0.25, 0.3) is 22.5 Å². The monoisotopic (exact) mass is 435 g/mol. The van der Waals surface area contributed by atoms with Crippen LogP contribution in [0.1, 0.15) is 17.5 Å². The van der Waals surface area contributed by atoms with Gasteiger partial charge in [-0.2, -0.15) is 12.6 Å². The Balaban J connectivity index is 1.62. The molecule has 0 saturated heterocycles. The molecule has 1 N–H and O–H groups in total. The summed E-state index contributed by atoms with van der Waals surface area (Å²) in [5, 5.41) is -0.275. The summed E-state index contributed by atoms with van der Waals surface area (Å²) in [4.78, 5) is 12.1. The van der Waals surface area contributed by atoms with Gasteiger partial charge in [0.15, 0.2) is 14.9 Å². The highest BCUT2D eigenvalue weighted by Gasteiger charge is 2.22. The molecule has 30 heavy (non-hydrogen) atoms. The van der Waals surface area contributed by atoms with Gasteiger partial charge in [-0.15, -0.1) is 0 Å². The number of nitrogens with one attached hydrogen (secondary N) is 1. The number of nitrogens with zero attached hydrogens (tertiary/aromatic N) is 2. The lowest BCUT2D eigenvalue weighted by Crippen LogP contribution is -2.10. The Morgan fingerprint density at radius 3 is 2.13 bits per heavy atom. The molecule has 0 fully saturated rings. The Bertz CT molecular complexity index is 1150. The van der Waals surface area contributed by atoms with Crippen molar-refractivity contribution in [2.24, 2.45) is 0 Å². The quantitative estimate of drug-likeness (QED) is 0.402. The maximum atomic E-state index is 12.6. The Hall–Kier alpha value is -2.90. The number of aromatic amines is 1. The summed E-state index contributed by atoms with van der Waals surface area (Å²) in [6.45, 7) is 0. The number of H-pyrrole nitrogens is 1. The van der Waals surface area contributed by atoms with Crippen molar-refractivity contribution < 1.29 is 8.42 Å². The molecule has 7 heteroatoms. The van der Waals surface area contributed by atoms with Gasteiger partial charge in [-0.25, -0.2) is 18.4 Å². The summed E-state index contributed by atoms with van der Waals surface area (Å²) in [7, 11) is -3.47. The van der Waals surface area contributed by atoms with Crippen molar-refractivity contribution in [3.05, 3.63) is 90.9 Å². The van der Waals surface area contributed by atoms with Gasteiger partial charge in [0.05, 0.1) is 22.4 Å². The van der Waals surface area contributed by atoms with Crippen LogP contribution in [0, 0.1) is 0 Å². The zero-order chi connectivity index (χ0) is 21.0. The first-order valence-electron chi connectivity index (χ1n) is 9.57.